The summed E-state index contributed by atoms with van der Waals surface area (Å²) >= 11 is 1.60. The van der Waals surface area contributed by atoms with E-state index in [2.05, 4.69) is 17.2 Å². The third kappa shape index (κ3) is 3.06. The number of nitrogens with one attached hydrogen (secondary N) is 1. The van der Waals surface area contributed by atoms with Crippen molar-refractivity contribution < 1.29 is 9.53 Å². The fourth-order valence-corrected chi connectivity index (χ4v) is 2.79. The first-order valence-electron chi connectivity index (χ1n) is 6.67. The van der Waals surface area contributed by atoms with Crippen LogP contribution in [-0.4, -0.2) is 41.7 Å². The summed E-state index contributed by atoms with van der Waals surface area (Å²) in [5, 5.41) is 5.99. The predicted molar refractivity (Wildman–Crippen MR) is 73.0 cm³/mol. The smallest absolute Gasteiger partial charge is 0.318 e. The molecular weight excluding hydrogens is 262 g/mol. The molecule has 0 radical (unpaired) electrons. The molecule has 2 fully saturated rings. The van der Waals surface area contributed by atoms with Crippen LogP contribution in [0.3, 0.4) is 0 Å². The van der Waals surface area contributed by atoms with Crippen LogP contribution in [0.5, 0.6) is 0 Å². The average Bonchev–Trinajstić information content (AvgIpc) is 3.08. The summed E-state index contributed by atoms with van der Waals surface area (Å²) in [6.07, 6.45) is 4.01. The zero-order valence-corrected chi connectivity index (χ0v) is 11.9. The number of carbonyl (C=O) groups is 1. The van der Waals surface area contributed by atoms with Crippen LogP contribution in [0.25, 0.3) is 0 Å². The van der Waals surface area contributed by atoms with Gasteiger partial charge < -0.3 is 15.0 Å². The van der Waals surface area contributed by atoms with Crippen molar-refractivity contribution in [2.24, 2.45) is 5.41 Å². The van der Waals surface area contributed by atoms with Gasteiger partial charge in [-0.15, -0.1) is 11.3 Å². The SMILES string of the molecule is CC1(CNC(=O)N(Cc2nccs2)C2CC2)COC1. The van der Waals surface area contributed by atoms with Crippen LogP contribution in [0.1, 0.15) is 24.8 Å². The molecule has 2 heterocycles. The lowest BCUT2D eigenvalue weighted by Crippen LogP contribution is -2.51. The van der Waals surface area contributed by atoms with Gasteiger partial charge >= 0.3 is 6.03 Å². The Hall–Kier alpha value is -1.14. The molecular formula is C13H19N3O2S. The van der Waals surface area contributed by atoms with Crippen molar-refractivity contribution in [1.82, 2.24) is 15.2 Å². The molecule has 0 bridgehead atoms. The summed E-state index contributed by atoms with van der Waals surface area (Å²) in [5.74, 6) is 0. The molecule has 1 saturated heterocycles. The number of thiazole rings is 1. The highest BCUT2D eigenvalue weighted by Gasteiger charge is 2.36. The number of rotatable bonds is 5. The molecule has 2 aliphatic rings. The first kappa shape index (κ1) is 12.9. The molecule has 0 spiro atoms. The van der Waals surface area contributed by atoms with Crippen LogP contribution in [0.2, 0.25) is 0 Å². The highest BCUT2D eigenvalue weighted by atomic mass is 32.1. The molecule has 104 valence electrons. The van der Waals surface area contributed by atoms with Gasteiger partial charge in [-0.05, 0) is 12.8 Å². The van der Waals surface area contributed by atoms with Gasteiger partial charge in [-0.2, -0.15) is 0 Å². The Bertz CT molecular complexity index is 441. The molecule has 1 N–H and O–H groups in total. The first-order chi connectivity index (χ1) is 9.16. The predicted octanol–water partition coefficient (Wildman–Crippen LogP) is 1.85. The maximum atomic E-state index is 12.3. The third-order valence-corrected chi connectivity index (χ3v) is 4.37. The van der Waals surface area contributed by atoms with Crippen molar-refractivity contribution in [2.75, 3.05) is 19.8 Å². The second-order valence-electron chi connectivity index (χ2n) is 5.75. The minimum Gasteiger partial charge on any atom is -0.380 e. The van der Waals surface area contributed by atoms with Crippen molar-refractivity contribution in [3.63, 3.8) is 0 Å². The quantitative estimate of drug-likeness (QED) is 0.896. The molecule has 1 aromatic rings. The van der Waals surface area contributed by atoms with Gasteiger partial charge in [0, 0.05) is 29.6 Å². The molecule has 19 heavy (non-hydrogen) atoms. The molecule has 1 aromatic heterocycles. The molecule has 0 atom stereocenters. The Morgan fingerprint density at radius 3 is 2.95 bits per heavy atom. The molecule has 0 aromatic carbocycles. The van der Waals surface area contributed by atoms with Crippen molar-refractivity contribution in [3.05, 3.63) is 16.6 Å². The Labute approximate surface area is 117 Å². The van der Waals surface area contributed by atoms with Gasteiger partial charge in [0.1, 0.15) is 5.01 Å². The van der Waals surface area contributed by atoms with E-state index in [1.807, 2.05) is 10.3 Å². The Kier molecular flexibility index (Phi) is 3.45. The average molecular weight is 281 g/mol. The van der Waals surface area contributed by atoms with E-state index in [9.17, 15) is 4.79 Å². The maximum absolute atomic E-state index is 12.3. The molecule has 1 aliphatic heterocycles. The first-order valence-corrected chi connectivity index (χ1v) is 7.55. The largest absolute Gasteiger partial charge is 0.380 e. The lowest BCUT2D eigenvalue weighted by Gasteiger charge is -2.38. The highest BCUT2D eigenvalue weighted by Crippen LogP contribution is 2.29. The summed E-state index contributed by atoms with van der Waals surface area (Å²) in [5.41, 5.74) is 0.117. The maximum Gasteiger partial charge on any atom is 0.318 e. The monoisotopic (exact) mass is 281 g/mol. The van der Waals surface area contributed by atoms with Gasteiger partial charge in [-0.3, -0.25) is 0 Å². The summed E-state index contributed by atoms with van der Waals surface area (Å²) in [6.45, 7) is 4.93. The molecule has 1 aliphatic carbocycles. The van der Waals surface area contributed by atoms with Crippen molar-refractivity contribution >= 4 is 17.4 Å². The van der Waals surface area contributed by atoms with E-state index in [-0.39, 0.29) is 11.4 Å². The number of hydrogen-bond donors (Lipinski definition) is 1. The number of hydrogen-bond acceptors (Lipinski definition) is 4. The third-order valence-electron chi connectivity index (χ3n) is 3.61. The molecule has 3 rings (SSSR count). The van der Waals surface area contributed by atoms with Gasteiger partial charge in [0.2, 0.25) is 0 Å². The van der Waals surface area contributed by atoms with Crippen LogP contribution in [-0.2, 0) is 11.3 Å². The molecule has 6 heteroatoms. The number of aromatic nitrogens is 1. The minimum absolute atomic E-state index is 0.0332. The van der Waals surface area contributed by atoms with E-state index in [0.717, 1.165) is 31.1 Å². The van der Waals surface area contributed by atoms with Gasteiger partial charge in [-0.25, -0.2) is 9.78 Å². The Morgan fingerprint density at radius 2 is 2.42 bits per heavy atom. The summed E-state index contributed by atoms with van der Waals surface area (Å²) in [6, 6.07) is 0.431. The topological polar surface area (TPSA) is 54.5 Å². The van der Waals surface area contributed by atoms with Crippen LogP contribution in [0.4, 0.5) is 4.79 Å². The van der Waals surface area contributed by atoms with E-state index in [4.69, 9.17) is 4.74 Å². The van der Waals surface area contributed by atoms with Crippen LogP contribution < -0.4 is 5.32 Å². The van der Waals surface area contributed by atoms with E-state index < -0.39 is 0 Å². The number of amides is 2. The van der Waals surface area contributed by atoms with Crippen molar-refractivity contribution in [2.45, 2.75) is 32.4 Å². The lowest BCUT2D eigenvalue weighted by molar-refractivity contribution is -0.0979. The van der Waals surface area contributed by atoms with Crippen molar-refractivity contribution in [3.8, 4) is 0 Å². The van der Waals surface area contributed by atoms with Gasteiger partial charge in [-0.1, -0.05) is 6.92 Å². The Balaban J connectivity index is 1.55. The van der Waals surface area contributed by atoms with Gasteiger partial charge in [0.05, 0.1) is 19.8 Å². The number of ether oxygens (including phenoxy) is 1. The summed E-state index contributed by atoms with van der Waals surface area (Å²) in [7, 11) is 0. The zero-order valence-electron chi connectivity index (χ0n) is 11.1. The van der Waals surface area contributed by atoms with Gasteiger partial charge in [0.15, 0.2) is 0 Å². The fourth-order valence-electron chi connectivity index (χ4n) is 2.17. The van der Waals surface area contributed by atoms with Gasteiger partial charge in [0.25, 0.3) is 0 Å². The molecule has 0 unspecified atom stereocenters. The number of urea groups is 1. The lowest BCUT2D eigenvalue weighted by atomic mass is 9.89. The standard InChI is InChI=1S/C13H19N3O2S/c1-13(8-18-9-13)7-15-12(17)16(10-2-3-10)6-11-14-4-5-19-11/h4-5,10H,2-3,6-9H2,1H3,(H,15,17). The molecule has 2 amide bonds. The van der Waals surface area contributed by atoms with E-state index in [0.29, 0.717) is 19.1 Å². The minimum atomic E-state index is 0.0332. The molecule has 1 saturated carbocycles. The zero-order chi connectivity index (χ0) is 13.3. The fraction of sp³-hybridized carbons (Fsp3) is 0.692. The normalized spacial score (nSPS) is 20.7. The highest BCUT2D eigenvalue weighted by molar-refractivity contribution is 7.09. The molecule has 5 nitrogen and oxygen atoms in total. The second-order valence-corrected chi connectivity index (χ2v) is 6.73. The number of nitrogens with zero attached hydrogens (tertiary/aromatic N) is 2. The number of carbonyl (C=O) groups excluding carboxylic acids is 1. The van der Waals surface area contributed by atoms with E-state index in [1.54, 1.807) is 17.5 Å². The van der Waals surface area contributed by atoms with Crippen molar-refractivity contribution in [1.29, 1.82) is 0 Å². The van der Waals surface area contributed by atoms with Crippen LogP contribution >= 0.6 is 11.3 Å². The second kappa shape index (κ2) is 5.09. The van der Waals surface area contributed by atoms with E-state index >= 15 is 0 Å². The van der Waals surface area contributed by atoms with Crippen LogP contribution in [0, 0.1) is 5.41 Å². The summed E-state index contributed by atoms with van der Waals surface area (Å²) in [4.78, 5) is 18.5. The Morgan fingerprint density at radius 1 is 1.63 bits per heavy atom. The van der Waals surface area contributed by atoms with E-state index in [1.165, 1.54) is 0 Å². The summed E-state index contributed by atoms with van der Waals surface area (Å²) < 4.78 is 5.20. The van der Waals surface area contributed by atoms with Crippen LogP contribution in [0.15, 0.2) is 11.6 Å².